The number of benzene rings is 1. The van der Waals surface area contributed by atoms with E-state index in [9.17, 15) is 0 Å². The summed E-state index contributed by atoms with van der Waals surface area (Å²) in [4.78, 5) is 13.3. The van der Waals surface area contributed by atoms with Crippen LogP contribution in [0.5, 0.6) is 0 Å². The normalized spacial score (nSPS) is 11.0. The Morgan fingerprint density at radius 3 is 2.75 bits per heavy atom. The molecule has 0 aliphatic rings. The molecule has 3 heterocycles. The smallest absolute Gasteiger partial charge is 0.256 e. The molecule has 0 spiro atoms. The molecular weight excluding hydrogens is 374 g/mol. The monoisotopic (exact) mass is 393 g/mol. The zero-order chi connectivity index (χ0) is 19.7. The summed E-state index contributed by atoms with van der Waals surface area (Å²) in [5.41, 5.74) is 4.89. The van der Waals surface area contributed by atoms with E-state index in [1.54, 1.807) is 10.7 Å². The van der Waals surface area contributed by atoms with Crippen LogP contribution in [0.4, 0.5) is 17.5 Å². The third-order valence-electron chi connectivity index (χ3n) is 4.46. The summed E-state index contributed by atoms with van der Waals surface area (Å²) < 4.78 is 1.70. The van der Waals surface area contributed by atoms with E-state index in [-0.39, 0.29) is 0 Å². The van der Waals surface area contributed by atoms with Gasteiger partial charge in [-0.25, -0.2) is 4.98 Å². The number of hydrogen-bond donors (Lipinski definition) is 2. The van der Waals surface area contributed by atoms with Crippen molar-refractivity contribution in [3.05, 3.63) is 70.1 Å². The Bertz CT molecular complexity index is 1150. The lowest BCUT2D eigenvalue weighted by Gasteiger charge is -2.10. The quantitative estimate of drug-likeness (QED) is 0.521. The van der Waals surface area contributed by atoms with Gasteiger partial charge in [-0.1, -0.05) is 23.7 Å². The first kappa shape index (κ1) is 18.2. The first-order valence-electron chi connectivity index (χ1n) is 8.91. The molecule has 0 bridgehead atoms. The molecule has 0 aliphatic carbocycles. The Labute approximate surface area is 167 Å². The fourth-order valence-electron chi connectivity index (χ4n) is 2.91. The molecule has 3 aromatic heterocycles. The lowest BCUT2D eigenvalue weighted by Crippen LogP contribution is -2.08. The molecule has 0 unspecified atom stereocenters. The SMILES string of the molecule is Cc1cc(NCc2cccnc2C)n2nc(Nc3cc(Cl)ccc3C)nc2n1. The van der Waals surface area contributed by atoms with E-state index in [0.29, 0.717) is 23.3 Å². The number of nitrogens with zero attached hydrogens (tertiary/aromatic N) is 5. The van der Waals surface area contributed by atoms with E-state index < -0.39 is 0 Å². The van der Waals surface area contributed by atoms with Crippen molar-refractivity contribution in [3.63, 3.8) is 0 Å². The highest BCUT2D eigenvalue weighted by Gasteiger charge is 2.11. The average molecular weight is 394 g/mol. The van der Waals surface area contributed by atoms with Gasteiger partial charge in [0.25, 0.3) is 5.78 Å². The van der Waals surface area contributed by atoms with Gasteiger partial charge in [0.05, 0.1) is 0 Å². The largest absolute Gasteiger partial charge is 0.366 e. The molecule has 0 saturated heterocycles. The van der Waals surface area contributed by atoms with Crippen molar-refractivity contribution in [2.24, 2.45) is 0 Å². The van der Waals surface area contributed by atoms with Crippen molar-refractivity contribution in [1.82, 2.24) is 24.6 Å². The van der Waals surface area contributed by atoms with Crippen LogP contribution in [-0.4, -0.2) is 24.6 Å². The lowest BCUT2D eigenvalue weighted by molar-refractivity contribution is 0.914. The Balaban J connectivity index is 1.64. The third kappa shape index (κ3) is 3.75. The van der Waals surface area contributed by atoms with E-state index in [1.165, 1.54) is 0 Å². The van der Waals surface area contributed by atoms with Crippen LogP contribution >= 0.6 is 11.6 Å². The minimum atomic E-state index is 0.462. The minimum Gasteiger partial charge on any atom is -0.366 e. The molecule has 0 saturated carbocycles. The second kappa shape index (κ2) is 7.44. The summed E-state index contributed by atoms with van der Waals surface area (Å²) in [5, 5.41) is 11.9. The first-order chi connectivity index (χ1) is 13.5. The fourth-order valence-corrected chi connectivity index (χ4v) is 3.08. The number of aryl methyl sites for hydroxylation is 3. The Kier molecular flexibility index (Phi) is 4.83. The number of hydrogen-bond acceptors (Lipinski definition) is 6. The van der Waals surface area contributed by atoms with Crippen LogP contribution in [0, 0.1) is 20.8 Å². The summed E-state index contributed by atoms with van der Waals surface area (Å²) in [6, 6.07) is 11.6. The first-order valence-corrected chi connectivity index (χ1v) is 9.29. The number of aromatic nitrogens is 5. The molecule has 0 amide bonds. The second-order valence-corrected chi connectivity index (χ2v) is 7.05. The molecular formula is C20H20ClN7. The number of pyridine rings is 1. The molecule has 0 fully saturated rings. The van der Waals surface area contributed by atoms with Gasteiger partial charge in [0.2, 0.25) is 5.95 Å². The predicted molar refractivity (Wildman–Crippen MR) is 111 cm³/mol. The summed E-state index contributed by atoms with van der Waals surface area (Å²) >= 11 is 6.11. The molecule has 4 aromatic rings. The Hall–Kier alpha value is -3.19. The van der Waals surface area contributed by atoms with Gasteiger partial charge in [-0.2, -0.15) is 9.50 Å². The van der Waals surface area contributed by atoms with Gasteiger partial charge >= 0.3 is 0 Å². The molecule has 2 N–H and O–H groups in total. The van der Waals surface area contributed by atoms with E-state index in [0.717, 1.165) is 34.0 Å². The van der Waals surface area contributed by atoms with Crippen LogP contribution < -0.4 is 10.6 Å². The topological polar surface area (TPSA) is 80.0 Å². The van der Waals surface area contributed by atoms with Crippen molar-refractivity contribution in [3.8, 4) is 0 Å². The summed E-state index contributed by atoms with van der Waals surface area (Å²) in [6.45, 7) is 6.56. The van der Waals surface area contributed by atoms with Crippen LogP contribution in [0.3, 0.4) is 0 Å². The maximum atomic E-state index is 6.11. The zero-order valence-electron chi connectivity index (χ0n) is 15.9. The van der Waals surface area contributed by atoms with Gasteiger partial charge in [0.15, 0.2) is 0 Å². The van der Waals surface area contributed by atoms with Crippen LogP contribution in [0.25, 0.3) is 5.78 Å². The Morgan fingerprint density at radius 1 is 1.07 bits per heavy atom. The van der Waals surface area contributed by atoms with Crippen molar-refractivity contribution < 1.29 is 0 Å². The van der Waals surface area contributed by atoms with Gasteiger partial charge in [-0.05, 0) is 50.1 Å². The van der Waals surface area contributed by atoms with E-state index in [4.69, 9.17) is 11.6 Å². The maximum absolute atomic E-state index is 6.11. The lowest BCUT2D eigenvalue weighted by atomic mass is 10.2. The molecule has 8 heteroatoms. The van der Waals surface area contributed by atoms with E-state index in [1.807, 2.05) is 51.1 Å². The number of halogens is 1. The molecule has 1 aromatic carbocycles. The fraction of sp³-hybridized carbons (Fsp3) is 0.200. The number of fused-ring (bicyclic) bond motifs is 1. The highest BCUT2D eigenvalue weighted by atomic mass is 35.5. The molecule has 0 atom stereocenters. The van der Waals surface area contributed by atoms with Crippen molar-refractivity contribution in [1.29, 1.82) is 0 Å². The molecule has 4 rings (SSSR count). The number of anilines is 3. The molecule has 7 nitrogen and oxygen atoms in total. The van der Waals surface area contributed by atoms with Crippen LogP contribution in [0.15, 0.2) is 42.6 Å². The molecule has 142 valence electrons. The average Bonchev–Trinajstić information content (AvgIpc) is 3.06. The summed E-state index contributed by atoms with van der Waals surface area (Å²) in [5.74, 6) is 1.80. The van der Waals surface area contributed by atoms with Gasteiger partial charge in [-0.3, -0.25) is 4.98 Å². The minimum absolute atomic E-state index is 0.462. The van der Waals surface area contributed by atoms with Gasteiger partial charge < -0.3 is 10.6 Å². The number of rotatable bonds is 5. The zero-order valence-corrected chi connectivity index (χ0v) is 16.6. The maximum Gasteiger partial charge on any atom is 0.256 e. The van der Waals surface area contributed by atoms with E-state index >= 15 is 0 Å². The second-order valence-electron chi connectivity index (χ2n) is 6.62. The molecule has 0 aliphatic heterocycles. The number of nitrogens with one attached hydrogen (secondary N) is 2. The predicted octanol–water partition coefficient (Wildman–Crippen LogP) is 4.45. The van der Waals surface area contributed by atoms with Crippen LogP contribution in [0.1, 0.15) is 22.5 Å². The summed E-state index contributed by atoms with van der Waals surface area (Å²) in [6.07, 6.45) is 1.79. The highest BCUT2D eigenvalue weighted by Crippen LogP contribution is 2.23. The third-order valence-corrected chi connectivity index (χ3v) is 4.70. The van der Waals surface area contributed by atoms with E-state index in [2.05, 4.69) is 36.8 Å². The highest BCUT2D eigenvalue weighted by molar-refractivity contribution is 6.30. The molecule has 0 radical (unpaired) electrons. The summed E-state index contributed by atoms with van der Waals surface area (Å²) in [7, 11) is 0. The van der Waals surface area contributed by atoms with Crippen LogP contribution in [0.2, 0.25) is 5.02 Å². The van der Waals surface area contributed by atoms with Crippen molar-refractivity contribution in [2.75, 3.05) is 10.6 Å². The van der Waals surface area contributed by atoms with Gasteiger partial charge in [0.1, 0.15) is 5.82 Å². The van der Waals surface area contributed by atoms with Crippen LogP contribution in [-0.2, 0) is 6.54 Å². The van der Waals surface area contributed by atoms with Crippen molar-refractivity contribution in [2.45, 2.75) is 27.3 Å². The van der Waals surface area contributed by atoms with Gasteiger partial charge in [-0.15, -0.1) is 5.10 Å². The van der Waals surface area contributed by atoms with Crippen molar-refractivity contribution >= 4 is 34.8 Å². The Morgan fingerprint density at radius 2 is 1.93 bits per heavy atom. The standard InChI is InChI=1S/C20H20ClN7/c1-12-6-7-16(21)10-17(12)25-19-26-20-24-13(2)9-18(28(20)27-19)23-11-15-5-4-8-22-14(15)3/h4-10,23H,11H2,1-3H3,(H,25,27). The van der Waals surface area contributed by atoms with Gasteiger partial charge in [0, 0.05) is 40.9 Å². The molecule has 28 heavy (non-hydrogen) atoms.